The molecule has 0 radical (unpaired) electrons. The number of carboxylic acid groups (broad SMARTS) is 1. The Morgan fingerprint density at radius 1 is 1.37 bits per heavy atom. The maximum atomic E-state index is 12.6. The van der Waals surface area contributed by atoms with Crippen LogP contribution in [0.2, 0.25) is 0 Å². The predicted octanol–water partition coefficient (Wildman–Crippen LogP) is 0.951. The molecule has 0 spiro atoms. The van der Waals surface area contributed by atoms with E-state index in [0.29, 0.717) is 19.4 Å². The molecule has 146 valence electrons. The fourth-order valence-electron chi connectivity index (χ4n) is 3.47. The lowest BCUT2D eigenvalue weighted by molar-refractivity contribution is -0.142. The van der Waals surface area contributed by atoms with Crippen molar-refractivity contribution in [1.82, 2.24) is 14.6 Å². The molecule has 1 aromatic heterocycles. The van der Waals surface area contributed by atoms with E-state index in [2.05, 4.69) is 10.3 Å². The summed E-state index contributed by atoms with van der Waals surface area (Å²) in [6.07, 6.45) is 4.12. The van der Waals surface area contributed by atoms with Gasteiger partial charge in [-0.15, -0.1) is 0 Å². The summed E-state index contributed by atoms with van der Waals surface area (Å²) in [6.45, 7) is 0.477. The number of sulfonamides is 1. The van der Waals surface area contributed by atoms with Gasteiger partial charge in [0.2, 0.25) is 15.9 Å². The van der Waals surface area contributed by atoms with E-state index in [1.165, 1.54) is 4.31 Å². The summed E-state index contributed by atoms with van der Waals surface area (Å²) in [5.41, 5.74) is 1.71. The first kappa shape index (κ1) is 19.4. The van der Waals surface area contributed by atoms with Gasteiger partial charge in [0.15, 0.2) is 0 Å². The van der Waals surface area contributed by atoms with Gasteiger partial charge in [-0.2, -0.15) is 0 Å². The maximum Gasteiger partial charge on any atom is 0.326 e. The van der Waals surface area contributed by atoms with Crippen molar-refractivity contribution in [2.24, 2.45) is 5.92 Å². The second-order valence-electron chi connectivity index (χ2n) is 6.92. The van der Waals surface area contributed by atoms with Crippen LogP contribution in [0.25, 0.3) is 10.9 Å². The molecule has 1 saturated heterocycles. The Bertz CT molecular complexity index is 953. The third kappa shape index (κ3) is 4.48. The second-order valence-corrected chi connectivity index (χ2v) is 8.91. The van der Waals surface area contributed by atoms with E-state index in [0.717, 1.165) is 22.7 Å². The van der Waals surface area contributed by atoms with Crippen molar-refractivity contribution in [3.05, 3.63) is 36.0 Å². The summed E-state index contributed by atoms with van der Waals surface area (Å²) in [4.78, 5) is 27.3. The van der Waals surface area contributed by atoms with Gasteiger partial charge in [0, 0.05) is 36.6 Å². The quantitative estimate of drug-likeness (QED) is 0.675. The van der Waals surface area contributed by atoms with Gasteiger partial charge in [-0.3, -0.25) is 4.79 Å². The second kappa shape index (κ2) is 7.69. The number of nitrogens with zero attached hydrogens (tertiary/aromatic N) is 1. The number of benzene rings is 1. The molecule has 8 nitrogen and oxygen atoms in total. The van der Waals surface area contributed by atoms with Crippen molar-refractivity contribution in [2.75, 3.05) is 19.3 Å². The zero-order valence-corrected chi connectivity index (χ0v) is 15.8. The number of para-hydroxylation sites is 1. The molecule has 1 fully saturated rings. The number of aliphatic carboxylic acids is 1. The molecular weight excluding hydrogens is 370 g/mol. The van der Waals surface area contributed by atoms with Gasteiger partial charge in [-0.1, -0.05) is 18.2 Å². The molecule has 27 heavy (non-hydrogen) atoms. The Balaban J connectivity index is 1.71. The van der Waals surface area contributed by atoms with E-state index in [9.17, 15) is 23.1 Å². The smallest absolute Gasteiger partial charge is 0.326 e. The standard InChI is InChI=1S/C18H23N3O5S/c1-27(25,26)21-8-4-5-12(11-21)17(22)20-16(18(23)24)9-13-10-19-15-7-3-2-6-14(13)15/h2-3,6-7,10,12,16,19H,4-5,8-9,11H2,1H3,(H,20,22)(H,23,24). The number of nitrogens with one attached hydrogen (secondary N) is 2. The lowest BCUT2D eigenvalue weighted by atomic mass is 9.97. The Kier molecular flexibility index (Phi) is 5.52. The van der Waals surface area contributed by atoms with Crippen LogP contribution < -0.4 is 5.32 Å². The number of amides is 1. The maximum absolute atomic E-state index is 12.6. The zero-order valence-electron chi connectivity index (χ0n) is 15.0. The summed E-state index contributed by atoms with van der Waals surface area (Å²) in [6, 6.07) is 6.47. The van der Waals surface area contributed by atoms with Crippen LogP contribution in [0, 0.1) is 5.92 Å². The Morgan fingerprint density at radius 2 is 2.11 bits per heavy atom. The highest BCUT2D eigenvalue weighted by Gasteiger charge is 2.32. The molecule has 3 rings (SSSR count). The number of carboxylic acids is 1. The lowest BCUT2D eigenvalue weighted by Gasteiger charge is -2.30. The van der Waals surface area contributed by atoms with Crippen LogP contribution >= 0.6 is 0 Å². The highest BCUT2D eigenvalue weighted by Crippen LogP contribution is 2.21. The Labute approximate surface area is 157 Å². The number of H-pyrrole nitrogens is 1. The Hall–Kier alpha value is -2.39. The molecule has 3 N–H and O–H groups in total. The average Bonchev–Trinajstić information content (AvgIpc) is 3.03. The van der Waals surface area contributed by atoms with E-state index in [-0.39, 0.29) is 13.0 Å². The summed E-state index contributed by atoms with van der Waals surface area (Å²) in [7, 11) is -3.37. The monoisotopic (exact) mass is 393 g/mol. The van der Waals surface area contributed by atoms with Gasteiger partial charge < -0.3 is 15.4 Å². The summed E-state index contributed by atoms with van der Waals surface area (Å²) in [5, 5.41) is 13.0. The SMILES string of the molecule is CS(=O)(=O)N1CCCC(C(=O)NC(Cc2c[nH]c3ccccc23)C(=O)O)C1. The van der Waals surface area contributed by atoms with Crippen LogP contribution in [0.5, 0.6) is 0 Å². The largest absolute Gasteiger partial charge is 0.480 e. The number of carbonyl (C=O) groups excluding carboxylic acids is 1. The van der Waals surface area contributed by atoms with Crippen molar-refractivity contribution in [3.8, 4) is 0 Å². The van der Waals surface area contributed by atoms with Crippen LogP contribution in [0.1, 0.15) is 18.4 Å². The molecule has 2 atom stereocenters. The fourth-order valence-corrected chi connectivity index (χ4v) is 4.38. The van der Waals surface area contributed by atoms with E-state index < -0.39 is 33.9 Å². The summed E-state index contributed by atoms with van der Waals surface area (Å²) < 4.78 is 24.7. The number of hydrogen-bond acceptors (Lipinski definition) is 4. The average molecular weight is 393 g/mol. The summed E-state index contributed by atoms with van der Waals surface area (Å²) in [5.74, 6) is -2.08. The zero-order chi connectivity index (χ0) is 19.6. The Morgan fingerprint density at radius 3 is 2.81 bits per heavy atom. The third-order valence-electron chi connectivity index (χ3n) is 4.94. The van der Waals surface area contributed by atoms with Crippen LogP contribution in [0.15, 0.2) is 30.5 Å². The first-order valence-corrected chi connectivity index (χ1v) is 10.6. The third-order valence-corrected chi connectivity index (χ3v) is 6.21. The van der Waals surface area contributed by atoms with Crippen LogP contribution in [0.4, 0.5) is 0 Å². The highest BCUT2D eigenvalue weighted by atomic mass is 32.2. The molecule has 1 aromatic carbocycles. The molecule has 0 aliphatic carbocycles. The molecular formula is C18H23N3O5S. The fraction of sp³-hybridized carbons (Fsp3) is 0.444. The van der Waals surface area contributed by atoms with Crippen molar-refractivity contribution < 1.29 is 23.1 Å². The van der Waals surface area contributed by atoms with Crippen LogP contribution in [0.3, 0.4) is 0 Å². The molecule has 2 aromatic rings. The number of aromatic amines is 1. The minimum Gasteiger partial charge on any atom is -0.480 e. The normalized spacial score (nSPS) is 19.7. The topological polar surface area (TPSA) is 120 Å². The lowest BCUT2D eigenvalue weighted by Crippen LogP contribution is -2.49. The minimum absolute atomic E-state index is 0.0874. The molecule has 2 heterocycles. The molecule has 0 saturated carbocycles. The number of piperidine rings is 1. The number of hydrogen-bond donors (Lipinski definition) is 3. The number of fused-ring (bicyclic) bond motifs is 1. The van der Waals surface area contributed by atoms with Crippen LogP contribution in [-0.2, 0) is 26.0 Å². The molecule has 1 amide bonds. The number of carbonyl (C=O) groups is 2. The van der Waals surface area contributed by atoms with Crippen LogP contribution in [-0.4, -0.2) is 60.1 Å². The van der Waals surface area contributed by atoms with Gasteiger partial charge in [-0.05, 0) is 24.5 Å². The molecule has 1 aliphatic rings. The van der Waals surface area contributed by atoms with E-state index in [1.54, 1.807) is 6.20 Å². The predicted molar refractivity (Wildman–Crippen MR) is 101 cm³/mol. The first-order valence-electron chi connectivity index (χ1n) is 8.79. The first-order chi connectivity index (χ1) is 12.8. The summed E-state index contributed by atoms with van der Waals surface area (Å²) >= 11 is 0. The van der Waals surface area contributed by atoms with Gasteiger partial charge >= 0.3 is 5.97 Å². The molecule has 0 bridgehead atoms. The van der Waals surface area contributed by atoms with Crippen molar-refractivity contribution >= 4 is 32.8 Å². The van der Waals surface area contributed by atoms with Crippen molar-refractivity contribution in [1.29, 1.82) is 0 Å². The molecule has 2 unspecified atom stereocenters. The minimum atomic E-state index is -3.37. The van der Waals surface area contributed by atoms with E-state index in [1.807, 2.05) is 24.3 Å². The highest BCUT2D eigenvalue weighted by molar-refractivity contribution is 7.88. The van der Waals surface area contributed by atoms with Gasteiger partial charge in [-0.25, -0.2) is 17.5 Å². The number of rotatable bonds is 6. The van der Waals surface area contributed by atoms with E-state index >= 15 is 0 Å². The number of aromatic nitrogens is 1. The van der Waals surface area contributed by atoms with Gasteiger partial charge in [0.25, 0.3) is 0 Å². The van der Waals surface area contributed by atoms with Crippen molar-refractivity contribution in [2.45, 2.75) is 25.3 Å². The van der Waals surface area contributed by atoms with Gasteiger partial charge in [0.1, 0.15) is 6.04 Å². The van der Waals surface area contributed by atoms with Gasteiger partial charge in [0.05, 0.1) is 12.2 Å². The molecule has 1 aliphatic heterocycles. The van der Waals surface area contributed by atoms with Crippen molar-refractivity contribution in [3.63, 3.8) is 0 Å². The van der Waals surface area contributed by atoms with E-state index in [4.69, 9.17) is 0 Å². The molecule has 9 heteroatoms.